The number of carbonyl (C=O) groups excluding carboxylic acids is 1. The Hall–Kier alpha value is -2.03. The number of aromatic hydroxyl groups is 1. The Morgan fingerprint density at radius 3 is 2.67 bits per heavy atom. The van der Waals surface area contributed by atoms with E-state index in [0.29, 0.717) is 5.56 Å². The Labute approximate surface area is 87.1 Å². The van der Waals surface area contributed by atoms with Gasteiger partial charge in [-0.1, -0.05) is 36.4 Å². The molecule has 76 valence electrons. The number of benzene rings is 2. The van der Waals surface area contributed by atoms with Gasteiger partial charge in [0.15, 0.2) is 0 Å². The smallest absolute Gasteiger partial charge is 0.221 e. The molecule has 2 aromatic rings. The van der Waals surface area contributed by atoms with E-state index in [-0.39, 0.29) is 12.2 Å². The summed E-state index contributed by atoms with van der Waals surface area (Å²) < 4.78 is 0. The normalized spacial score (nSPS) is 10.4. The van der Waals surface area contributed by atoms with Crippen molar-refractivity contribution in [2.24, 2.45) is 5.73 Å². The average molecular weight is 201 g/mol. The number of primary amides is 1. The topological polar surface area (TPSA) is 63.3 Å². The maximum Gasteiger partial charge on any atom is 0.221 e. The molecular weight excluding hydrogens is 190 g/mol. The standard InChI is InChI=1S/C12H11NO2/c13-11(14)7-9-6-5-8-3-1-2-4-10(8)12(9)15/h1-6,15H,7H2,(H2,13,14). The maximum atomic E-state index is 10.8. The number of fused-ring (bicyclic) bond motifs is 1. The van der Waals surface area contributed by atoms with Crippen molar-refractivity contribution < 1.29 is 9.90 Å². The van der Waals surface area contributed by atoms with Crippen molar-refractivity contribution in [2.75, 3.05) is 0 Å². The lowest BCUT2D eigenvalue weighted by Crippen LogP contribution is -2.13. The lowest BCUT2D eigenvalue weighted by atomic mass is 10.0. The summed E-state index contributed by atoms with van der Waals surface area (Å²) in [6, 6.07) is 11.1. The van der Waals surface area contributed by atoms with Crippen molar-refractivity contribution >= 4 is 16.7 Å². The highest BCUT2D eigenvalue weighted by molar-refractivity contribution is 5.90. The predicted octanol–water partition coefficient (Wildman–Crippen LogP) is 1.57. The monoisotopic (exact) mass is 201 g/mol. The number of carbonyl (C=O) groups is 1. The molecule has 1 amide bonds. The fourth-order valence-corrected chi connectivity index (χ4v) is 1.63. The van der Waals surface area contributed by atoms with Crippen molar-refractivity contribution in [3.63, 3.8) is 0 Å². The van der Waals surface area contributed by atoms with Crippen molar-refractivity contribution in [2.45, 2.75) is 6.42 Å². The van der Waals surface area contributed by atoms with Crippen LogP contribution in [0.15, 0.2) is 36.4 Å². The van der Waals surface area contributed by atoms with Gasteiger partial charge in [-0.15, -0.1) is 0 Å². The predicted molar refractivity (Wildman–Crippen MR) is 58.5 cm³/mol. The molecule has 0 spiro atoms. The van der Waals surface area contributed by atoms with Crippen LogP contribution in [0.2, 0.25) is 0 Å². The molecule has 2 rings (SSSR count). The lowest BCUT2D eigenvalue weighted by Gasteiger charge is -2.05. The Bertz CT molecular complexity index is 520. The quantitative estimate of drug-likeness (QED) is 0.774. The molecule has 0 radical (unpaired) electrons. The molecule has 3 heteroatoms. The van der Waals surface area contributed by atoms with Gasteiger partial charge in [0.25, 0.3) is 0 Å². The van der Waals surface area contributed by atoms with E-state index in [0.717, 1.165) is 10.8 Å². The largest absolute Gasteiger partial charge is 0.507 e. The Morgan fingerprint density at radius 2 is 1.93 bits per heavy atom. The molecule has 0 saturated heterocycles. The highest BCUT2D eigenvalue weighted by Gasteiger charge is 2.07. The van der Waals surface area contributed by atoms with E-state index in [2.05, 4.69) is 0 Å². The van der Waals surface area contributed by atoms with Crippen LogP contribution in [0.5, 0.6) is 5.75 Å². The fraction of sp³-hybridized carbons (Fsp3) is 0.0833. The van der Waals surface area contributed by atoms with Crippen molar-refractivity contribution in [1.29, 1.82) is 0 Å². The molecule has 0 bridgehead atoms. The summed E-state index contributed by atoms with van der Waals surface area (Å²) in [4.78, 5) is 10.8. The summed E-state index contributed by atoms with van der Waals surface area (Å²) in [7, 11) is 0. The third-order valence-corrected chi connectivity index (χ3v) is 2.35. The van der Waals surface area contributed by atoms with Gasteiger partial charge in [0, 0.05) is 10.9 Å². The molecule has 0 atom stereocenters. The zero-order valence-corrected chi connectivity index (χ0v) is 8.10. The van der Waals surface area contributed by atoms with Crippen LogP contribution in [0, 0.1) is 0 Å². The highest BCUT2D eigenvalue weighted by atomic mass is 16.3. The second-order valence-corrected chi connectivity index (χ2v) is 3.44. The van der Waals surface area contributed by atoms with Crippen LogP contribution in [0.1, 0.15) is 5.56 Å². The number of phenols is 1. The van der Waals surface area contributed by atoms with Gasteiger partial charge in [-0.25, -0.2) is 0 Å². The van der Waals surface area contributed by atoms with E-state index in [1.165, 1.54) is 0 Å². The minimum atomic E-state index is -0.444. The summed E-state index contributed by atoms with van der Waals surface area (Å²) >= 11 is 0. The van der Waals surface area contributed by atoms with Gasteiger partial charge >= 0.3 is 0 Å². The minimum Gasteiger partial charge on any atom is -0.507 e. The van der Waals surface area contributed by atoms with E-state index < -0.39 is 5.91 Å². The van der Waals surface area contributed by atoms with Crippen molar-refractivity contribution in [3.8, 4) is 5.75 Å². The summed E-state index contributed by atoms with van der Waals surface area (Å²) in [6.45, 7) is 0. The molecule has 0 unspecified atom stereocenters. The molecule has 0 aliphatic carbocycles. The van der Waals surface area contributed by atoms with Crippen molar-refractivity contribution in [3.05, 3.63) is 42.0 Å². The summed E-state index contributed by atoms with van der Waals surface area (Å²) in [5.41, 5.74) is 5.66. The third kappa shape index (κ3) is 1.76. The van der Waals surface area contributed by atoms with Crippen LogP contribution in [0.3, 0.4) is 0 Å². The van der Waals surface area contributed by atoms with Crippen LogP contribution >= 0.6 is 0 Å². The van der Waals surface area contributed by atoms with Crippen LogP contribution < -0.4 is 5.73 Å². The molecule has 0 fully saturated rings. The molecule has 0 aromatic heterocycles. The van der Waals surface area contributed by atoms with Gasteiger partial charge in [-0.2, -0.15) is 0 Å². The second kappa shape index (κ2) is 3.61. The molecule has 0 heterocycles. The first kappa shape index (κ1) is 9.52. The molecular formula is C12H11NO2. The highest BCUT2D eigenvalue weighted by Crippen LogP contribution is 2.28. The SMILES string of the molecule is NC(=O)Cc1ccc2ccccc2c1O. The van der Waals surface area contributed by atoms with E-state index >= 15 is 0 Å². The molecule has 0 aliphatic rings. The number of phenolic OH excluding ortho intramolecular Hbond substituents is 1. The zero-order valence-electron chi connectivity index (χ0n) is 8.10. The minimum absolute atomic E-state index is 0.0661. The average Bonchev–Trinajstić information content (AvgIpc) is 2.22. The zero-order chi connectivity index (χ0) is 10.8. The second-order valence-electron chi connectivity index (χ2n) is 3.44. The summed E-state index contributed by atoms with van der Waals surface area (Å²) in [5, 5.41) is 11.6. The summed E-state index contributed by atoms with van der Waals surface area (Å²) in [5.74, 6) is -0.299. The van der Waals surface area contributed by atoms with E-state index in [1.807, 2.05) is 30.3 Å². The number of rotatable bonds is 2. The van der Waals surface area contributed by atoms with Gasteiger partial charge in [0.2, 0.25) is 5.91 Å². The van der Waals surface area contributed by atoms with Crippen LogP contribution in [-0.4, -0.2) is 11.0 Å². The number of amides is 1. The van der Waals surface area contributed by atoms with E-state index in [4.69, 9.17) is 5.73 Å². The molecule has 0 aliphatic heterocycles. The maximum absolute atomic E-state index is 10.8. The first-order valence-corrected chi connectivity index (χ1v) is 4.66. The molecule has 15 heavy (non-hydrogen) atoms. The Balaban J connectivity index is 2.59. The lowest BCUT2D eigenvalue weighted by molar-refractivity contribution is -0.117. The van der Waals surface area contributed by atoms with Crippen LogP contribution in [-0.2, 0) is 11.2 Å². The van der Waals surface area contributed by atoms with E-state index in [1.54, 1.807) is 6.07 Å². The van der Waals surface area contributed by atoms with E-state index in [9.17, 15) is 9.90 Å². The van der Waals surface area contributed by atoms with Gasteiger partial charge < -0.3 is 10.8 Å². The number of hydrogen-bond acceptors (Lipinski definition) is 2. The van der Waals surface area contributed by atoms with Gasteiger partial charge in [0.1, 0.15) is 5.75 Å². The molecule has 3 N–H and O–H groups in total. The number of nitrogens with two attached hydrogens (primary N) is 1. The van der Waals surface area contributed by atoms with Gasteiger partial charge in [-0.05, 0) is 5.39 Å². The first-order chi connectivity index (χ1) is 7.18. The molecule has 3 nitrogen and oxygen atoms in total. The Kier molecular flexibility index (Phi) is 2.29. The first-order valence-electron chi connectivity index (χ1n) is 4.66. The van der Waals surface area contributed by atoms with Gasteiger partial charge in [0.05, 0.1) is 6.42 Å². The van der Waals surface area contributed by atoms with Crippen molar-refractivity contribution in [1.82, 2.24) is 0 Å². The molecule has 0 saturated carbocycles. The molecule has 2 aromatic carbocycles. The summed E-state index contributed by atoms with van der Waals surface area (Å²) in [6.07, 6.45) is 0.0661. The fourth-order valence-electron chi connectivity index (χ4n) is 1.63. The number of hydrogen-bond donors (Lipinski definition) is 2. The van der Waals surface area contributed by atoms with Crippen LogP contribution in [0.25, 0.3) is 10.8 Å². The Morgan fingerprint density at radius 1 is 1.20 bits per heavy atom. The third-order valence-electron chi connectivity index (χ3n) is 2.35. The van der Waals surface area contributed by atoms with Crippen LogP contribution in [0.4, 0.5) is 0 Å². The van der Waals surface area contributed by atoms with Gasteiger partial charge in [-0.3, -0.25) is 4.79 Å².